The number of benzene rings is 2. The van der Waals surface area contributed by atoms with Crippen molar-refractivity contribution in [1.29, 1.82) is 0 Å². The monoisotopic (exact) mass is 394 g/mol. The minimum atomic E-state index is -3.91. The van der Waals surface area contributed by atoms with Gasteiger partial charge in [-0.15, -0.1) is 4.83 Å². The van der Waals surface area contributed by atoms with Crippen molar-refractivity contribution in [1.82, 2.24) is 10.3 Å². The summed E-state index contributed by atoms with van der Waals surface area (Å²) < 4.78 is 40.2. The van der Waals surface area contributed by atoms with Crippen molar-refractivity contribution < 1.29 is 27.4 Å². The van der Waals surface area contributed by atoms with Crippen molar-refractivity contribution in [3.05, 3.63) is 48.5 Å². The first-order valence-corrected chi connectivity index (χ1v) is 9.69. The average molecular weight is 394 g/mol. The minimum absolute atomic E-state index is 0.0105. The van der Waals surface area contributed by atoms with Crippen molar-refractivity contribution in [2.75, 3.05) is 13.7 Å². The van der Waals surface area contributed by atoms with Crippen LogP contribution in [0.5, 0.6) is 17.2 Å². The van der Waals surface area contributed by atoms with E-state index < -0.39 is 22.0 Å². The molecule has 146 valence electrons. The average Bonchev–Trinajstić information content (AvgIpc) is 2.68. The number of ether oxygens (including phenoxy) is 3. The van der Waals surface area contributed by atoms with E-state index in [1.807, 2.05) is 11.8 Å². The fourth-order valence-electron chi connectivity index (χ4n) is 2.07. The van der Waals surface area contributed by atoms with Gasteiger partial charge in [0.2, 0.25) is 0 Å². The summed E-state index contributed by atoms with van der Waals surface area (Å²) in [6.07, 6.45) is -0.915. The molecule has 0 saturated heterocycles. The molecule has 0 heterocycles. The van der Waals surface area contributed by atoms with Crippen LogP contribution in [0.25, 0.3) is 0 Å². The molecule has 0 bridgehead atoms. The highest BCUT2D eigenvalue weighted by atomic mass is 32.2. The van der Waals surface area contributed by atoms with Gasteiger partial charge in [0.15, 0.2) is 6.10 Å². The van der Waals surface area contributed by atoms with E-state index >= 15 is 0 Å². The molecule has 0 unspecified atom stereocenters. The summed E-state index contributed by atoms with van der Waals surface area (Å²) in [7, 11) is -2.43. The van der Waals surface area contributed by atoms with Gasteiger partial charge in [0.05, 0.1) is 18.6 Å². The Morgan fingerprint density at radius 3 is 2.11 bits per heavy atom. The second-order valence-corrected chi connectivity index (χ2v) is 7.12. The lowest BCUT2D eigenvalue weighted by Gasteiger charge is -2.15. The molecule has 0 aromatic heterocycles. The number of nitrogens with one attached hydrogen (secondary N) is 2. The number of hydrazine groups is 1. The largest absolute Gasteiger partial charge is 0.497 e. The van der Waals surface area contributed by atoms with Crippen molar-refractivity contribution >= 4 is 15.9 Å². The standard InChI is InChI=1S/C18H22N2O6S/c1-4-25-15-5-7-16(8-6-15)26-13(2)18(21)19-20-27(22,23)17-11-9-14(24-3)10-12-17/h5-13,20H,4H2,1-3H3,(H,19,21)/t13-/m0/s1. The van der Waals surface area contributed by atoms with Crippen molar-refractivity contribution in [3.63, 3.8) is 0 Å². The van der Waals surface area contributed by atoms with Crippen LogP contribution in [-0.4, -0.2) is 34.1 Å². The number of hydrogen-bond donors (Lipinski definition) is 2. The van der Waals surface area contributed by atoms with E-state index in [4.69, 9.17) is 14.2 Å². The van der Waals surface area contributed by atoms with Crippen LogP contribution in [0, 0.1) is 0 Å². The third-order valence-corrected chi connectivity index (χ3v) is 4.76. The minimum Gasteiger partial charge on any atom is -0.497 e. The van der Waals surface area contributed by atoms with Gasteiger partial charge in [0.25, 0.3) is 15.9 Å². The second kappa shape index (κ2) is 9.24. The predicted molar refractivity (Wildman–Crippen MR) is 99.2 cm³/mol. The molecule has 2 rings (SSSR count). The number of methoxy groups -OCH3 is 1. The molecule has 1 amide bonds. The SMILES string of the molecule is CCOc1ccc(O[C@@H](C)C(=O)NNS(=O)(=O)c2ccc(OC)cc2)cc1. The highest BCUT2D eigenvalue weighted by molar-refractivity contribution is 7.89. The first kappa shape index (κ1) is 20.5. The van der Waals surface area contributed by atoms with E-state index in [2.05, 4.69) is 5.43 Å². The van der Waals surface area contributed by atoms with Crippen LogP contribution < -0.4 is 24.5 Å². The summed E-state index contributed by atoms with van der Waals surface area (Å²) in [6.45, 7) is 3.94. The van der Waals surface area contributed by atoms with Gasteiger partial charge >= 0.3 is 0 Å². The fourth-order valence-corrected chi connectivity index (χ4v) is 2.92. The number of hydrogen-bond acceptors (Lipinski definition) is 6. The van der Waals surface area contributed by atoms with Crippen molar-refractivity contribution in [2.45, 2.75) is 24.8 Å². The second-order valence-electron chi connectivity index (χ2n) is 5.43. The number of amides is 1. The zero-order chi connectivity index (χ0) is 19.9. The van der Waals surface area contributed by atoms with Crippen LogP contribution in [0.1, 0.15) is 13.8 Å². The van der Waals surface area contributed by atoms with E-state index in [0.717, 1.165) is 0 Å². The molecule has 0 aliphatic rings. The fraction of sp³-hybridized carbons (Fsp3) is 0.278. The van der Waals surface area contributed by atoms with Crippen LogP contribution >= 0.6 is 0 Å². The summed E-state index contributed by atoms with van der Waals surface area (Å²) in [5.74, 6) is 1.03. The molecule has 0 saturated carbocycles. The summed E-state index contributed by atoms with van der Waals surface area (Å²) in [6, 6.07) is 12.5. The van der Waals surface area contributed by atoms with Gasteiger partial charge < -0.3 is 14.2 Å². The number of carbonyl (C=O) groups excluding carboxylic acids is 1. The highest BCUT2D eigenvalue weighted by Gasteiger charge is 2.19. The van der Waals surface area contributed by atoms with E-state index in [1.165, 1.54) is 38.3 Å². The van der Waals surface area contributed by atoms with Crippen molar-refractivity contribution in [3.8, 4) is 17.2 Å². The molecule has 2 aromatic rings. The van der Waals surface area contributed by atoms with E-state index in [0.29, 0.717) is 23.9 Å². The summed E-state index contributed by atoms with van der Waals surface area (Å²) in [5.41, 5.74) is 2.14. The lowest BCUT2D eigenvalue weighted by atomic mass is 10.3. The zero-order valence-electron chi connectivity index (χ0n) is 15.3. The molecule has 0 aliphatic carbocycles. The van der Waals surface area contributed by atoms with Crippen LogP contribution in [-0.2, 0) is 14.8 Å². The van der Waals surface area contributed by atoms with Crippen LogP contribution in [0.2, 0.25) is 0 Å². The van der Waals surface area contributed by atoms with Gasteiger partial charge in [-0.05, 0) is 62.4 Å². The number of sulfonamides is 1. The Morgan fingerprint density at radius 2 is 1.56 bits per heavy atom. The Kier molecular flexibility index (Phi) is 7.03. The lowest BCUT2D eigenvalue weighted by Crippen LogP contribution is -2.47. The molecular weight excluding hydrogens is 372 g/mol. The quantitative estimate of drug-likeness (QED) is 0.630. The maximum Gasteiger partial charge on any atom is 0.275 e. The lowest BCUT2D eigenvalue weighted by molar-refractivity contribution is -0.127. The van der Waals surface area contributed by atoms with Gasteiger partial charge in [-0.1, -0.05) is 0 Å². The first-order chi connectivity index (χ1) is 12.9. The first-order valence-electron chi connectivity index (χ1n) is 8.21. The Bertz CT molecular complexity index is 850. The van der Waals surface area contributed by atoms with E-state index in [1.54, 1.807) is 24.3 Å². The Hall–Kier alpha value is -2.78. The van der Waals surface area contributed by atoms with E-state index in [9.17, 15) is 13.2 Å². The maximum atomic E-state index is 12.2. The van der Waals surface area contributed by atoms with Gasteiger partial charge in [0, 0.05) is 0 Å². The molecule has 0 fully saturated rings. The third-order valence-electron chi connectivity index (χ3n) is 3.50. The molecule has 1 atom stereocenters. The Labute approximate surface area is 158 Å². The van der Waals surface area contributed by atoms with Crippen LogP contribution in [0.4, 0.5) is 0 Å². The van der Waals surface area contributed by atoms with Crippen molar-refractivity contribution in [2.24, 2.45) is 0 Å². The zero-order valence-corrected chi connectivity index (χ0v) is 16.1. The molecule has 2 N–H and O–H groups in total. The molecule has 9 heteroatoms. The number of rotatable bonds is 9. The highest BCUT2D eigenvalue weighted by Crippen LogP contribution is 2.19. The van der Waals surface area contributed by atoms with Gasteiger partial charge in [0.1, 0.15) is 17.2 Å². The molecular formula is C18H22N2O6S. The predicted octanol–water partition coefficient (Wildman–Crippen LogP) is 1.87. The van der Waals surface area contributed by atoms with Gasteiger partial charge in [-0.3, -0.25) is 10.2 Å². The Balaban J connectivity index is 1.91. The van der Waals surface area contributed by atoms with E-state index in [-0.39, 0.29) is 4.90 Å². The molecule has 27 heavy (non-hydrogen) atoms. The van der Waals surface area contributed by atoms with Crippen LogP contribution in [0.15, 0.2) is 53.4 Å². The topological polar surface area (TPSA) is 103 Å². The normalized spacial score (nSPS) is 12.1. The molecule has 8 nitrogen and oxygen atoms in total. The van der Waals surface area contributed by atoms with Crippen LogP contribution in [0.3, 0.4) is 0 Å². The summed E-state index contributed by atoms with van der Waals surface area (Å²) >= 11 is 0. The summed E-state index contributed by atoms with van der Waals surface area (Å²) in [4.78, 5) is 14.1. The molecule has 0 radical (unpaired) electrons. The summed E-state index contributed by atoms with van der Waals surface area (Å²) in [5, 5.41) is 0. The smallest absolute Gasteiger partial charge is 0.275 e. The molecule has 2 aromatic carbocycles. The maximum absolute atomic E-state index is 12.2. The molecule has 0 aliphatic heterocycles. The Morgan fingerprint density at radius 1 is 1.00 bits per heavy atom. The van der Waals surface area contributed by atoms with Gasteiger partial charge in [-0.25, -0.2) is 8.42 Å². The third kappa shape index (κ3) is 5.87. The number of carbonyl (C=O) groups is 1. The van der Waals surface area contributed by atoms with Gasteiger partial charge in [-0.2, -0.15) is 0 Å². The molecule has 0 spiro atoms.